The number of nitriles is 1. The molecule has 0 bridgehead atoms. The average Bonchev–Trinajstić information content (AvgIpc) is 2.27. The van der Waals surface area contributed by atoms with Crippen LogP contribution in [-0.2, 0) is 6.42 Å². The number of hydrogen-bond acceptors (Lipinski definition) is 2. The SMILES string of the molecule is CC(C)(CCCc1cccc(C#N)c1)[Si](C)(C)O. The van der Waals surface area contributed by atoms with Crippen molar-refractivity contribution in [2.75, 3.05) is 0 Å². The first-order chi connectivity index (χ1) is 8.26. The average molecular weight is 261 g/mol. The Morgan fingerprint density at radius 1 is 1.33 bits per heavy atom. The molecule has 18 heavy (non-hydrogen) atoms. The van der Waals surface area contributed by atoms with Gasteiger partial charge in [-0.1, -0.05) is 26.0 Å². The minimum Gasteiger partial charge on any atom is -0.432 e. The van der Waals surface area contributed by atoms with E-state index in [9.17, 15) is 4.80 Å². The molecule has 0 fully saturated rings. The van der Waals surface area contributed by atoms with Crippen molar-refractivity contribution < 1.29 is 4.80 Å². The maximum atomic E-state index is 10.2. The molecular weight excluding hydrogens is 238 g/mol. The van der Waals surface area contributed by atoms with Crippen LogP contribution in [0.5, 0.6) is 0 Å². The molecule has 0 heterocycles. The lowest BCUT2D eigenvalue weighted by atomic mass is 10.0. The number of benzene rings is 1. The van der Waals surface area contributed by atoms with Crippen LogP contribution in [-0.4, -0.2) is 13.1 Å². The maximum Gasteiger partial charge on any atom is 0.188 e. The zero-order chi connectivity index (χ0) is 13.8. The van der Waals surface area contributed by atoms with Gasteiger partial charge in [0.1, 0.15) is 0 Å². The van der Waals surface area contributed by atoms with Gasteiger partial charge in [-0.25, -0.2) is 0 Å². The molecule has 0 atom stereocenters. The van der Waals surface area contributed by atoms with E-state index in [-0.39, 0.29) is 5.04 Å². The monoisotopic (exact) mass is 261 g/mol. The summed E-state index contributed by atoms with van der Waals surface area (Å²) >= 11 is 0. The summed E-state index contributed by atoms with van der Waals surface area (Å²) in [5.74, 6) is 0. The molecule has 1 aromatic rings. The lowest BCUT2D eigenvalue weighted by Crippen LogP contribution is -2.38. The van der Waals surface area contributed by atoms with Crippen LogP contribution in [0, 0.1) is 11.3 Å². The normalized spacial score (nSPS) is 12.2. The molecule has 0 radical (unpaired) electrons. The Morgan fingerprint density at radius 3 is 2.56 bits per heavy atom. The topological polar surface area (TPSA) is 44.0 Å². The molecule has 1 aromatic carbocycles. The van der Waals surface area contributed by atoms with Gasteiger partial charge < -0.3 is 4.80 Å². The van der Waals surface area contributed by atoms with Crippen molar-refractivity contribution in [2.45, 2.75) is 51.2 Å². The lowest BCUT2D eigenvalue weighted by molar-refractivity contribution is 0.443. The highest BCUT2D eigenvalue weighted by Gasteiger charge is 2.37. The van der Waals surface area contributed by atoms with Gasteiger partial charge >= 0.3 is 0 Å². The molecule has 2 nitrogen and oxygen atoms in total. The fourth-order valence-corrected chi connectivity index (χ4v) is 2.63. The van der Waals surface area contributed by atoms with Crippen molar-refractivity contribution in [3.63, 3.8) is 0 Å². The van der Waals surface area contributed by atoms with Gasteiger partial charge in [-0.05, 0) is 55.1 Å². The fourth-order valence-electron chi connectivity index (χ4n) is 1.84. The van der Waals surface area contributed by atoms with E-state index < -0.39 is 8.32 Å². The molecule has 0 saturated heterocycles. The van der Waals surface area contributed by atoms with E-state index in [2.05, 4.69) is 26.0 Å². The minimum atomic E-state index is -2.09. The van der Waals surface area contributed by atoms with Crippen LogP contribution >= 0.6 is 0 Å². The standard InChI is InChI=1S/C15H23NOSi/c1-15(2,18(3,4)17)10-6-9-13-7-5-8-14(11-13)12-16/h5,7-8,11,17H,6,9-10H2,1-4H3. The van der Waals surface area contributed by atoms with E-state index in [1.165, 1.54) is 5.56 Å². The number of nitrogens with zero attached hydrogens (tertiary/aromatic N) is 1. The third-order valence-corrected chi connectivity index (χ3v) is 7.54. The predicted molar refractivity (Wildman–Crippen MR) is 77.8 cm³/mol. The minimum absolute atomic E-state index is 0.0415. The second kappa shape index (κ2) is 5.68. The molecule has 0 aromatic heterocycles. The highest BCUT2D eigenvalue weighted by molar-refractivity contribution is 6.72. The Balaban J connectivity index is 2.54. The first-order valence-electron chi connectivity index (χ1n) is 6.48. The molecule has 1 rings (SSSR count). The Labute approximate surface area is 111 Å². The Hall–Kier alpha value is -1.11. The van der Waals surface area contributed by atoms with E-state index in [0.717, 1.165) is 24.8 Å². The highest BCUT2D eigenvalue weighted by Crippen LogP contribution is 2.40. The molecule has 0 spiro atoms. The zero-order valence-corrected chi connectivity index (χ0v) is 12.8. The predicted octanol–water partition coefficient (Wildman–Crippen LogP) is 3.86. The van der Waals surface area contributed by atoms with Gasteiger partial charge in [0.2, 0.25) is 0 Å². The number of hydrogen-bond donors (Lipinski definition) is 1. The molecule has 3 heteroatoms. The third kappa shape index (κ3) is 3.97. The Morgan fingerprint density at radius 2 is 2.00 bits per heavy atom. The quantitative estimate of drug-likeness (QED) is 0.818. The molecule has 0 amide bonds. The van der Waals surface area contributed by atoms with E-state index in [1.807, 2.05) is 31.3 Å². The van der Waals surface area contributed by atoms with Crippen LogP contribution in [0.2, 0.25) is 18.1 Å². The molecule has 98 valence electrons. The van der Waals surface area contributed by atoms with Gasteiger partial charge in [0.25, 0.3) is 0 Å². The van der Waals surface area contributed by atoms with Crippen LogP contribution in [0.1, 0.15) is 37.8 Å². The summed E-state index contributed by atoms with van der Waals surface area (Å²) in [6.07, 6.45) is 3.06. The van der Waals surface area contributed by atoms with Crippen LogP contribution in [0.25, 0.3) is 0 Å². The lowest BCUT2D eigenvalue weighted by Gasteiger charge is -2.35. The van der Waals surface area contributed by atoms with Crippen LogP contribution in [0.3, 0.4) is 0 Å². The largest absolute Gasteiger partial charge is 0.432 e. The number of rotatable bonds is 5. The molecular formula is C15H23NOSi. The second-order valence-corrected chi connectivity index (χ2v) is 10.6. The summed E-state index contributed by atoms with van der Waals surface area (Å²) < 4.78 is 0. The van der Waals surface area contributed by atoms with E-state index >= 15 is 0 Å². The smallest absolute Gasteiger partial charge is 0.188 e. The van der Waals surface area contributed by atoms with Gasteiger partial charge in [0.05, 0.1) is 11.6 Å². The van der Waals surface area contributed by atoms with Crippen LogP contribution in [0.15, 0.2) is 24.3 Å². The molecule has 0 aliphatic carbocycles. The maximum absolute atomic E-state index is 10.2. The van der Waals surface area contributed by atoms with Crippen molar-refractivity contribution in [3.05, 3.63) is 35.4 Å². The molecule has 1 N–H and O–H groups in total. The van der Waals surface area contributed by atoms with E-state index in [0.29, 0.717) is 0 Å². The zero-order valence-electron chi connectivity index (χ0n) is 11.8. The second-order valence-electron chi connectivity index (χ2n) is 6.11. The molecule has 0 unspecified atom stereocenters. The molecule has 0 aliphatic heterocycles. The summed E-state index contributed by atoms with van der Waals surface area (Å²) in [7, 11) is -2.09. The van der Waals surface area contributed by atoms with Gasteiger partial charge in [-0.3, -0.25) is 0 Å². The Bertz CT molecular complexity index is 441. The van der Waals surface area contributed by atoms with Crippen molar-refractivity contribution in [3.8, 4) is 6.07 Å². The van der Waals surface area contributed by atoms with Gasteiger partial charge in [0, 0.05) is 0 Å². The van der Waals surface area contributed by atoms with Crippen molar-refractivity contribution in [1.29, 1.82) is 5.26 Å². The van der Waals surface area contributed by atoms with Crippen molar-refractivity contribution >= 4 is 8.32 Å². The Kier molecular flexibility index (Phi) is 4.72. The molecule has 0 saturated carbocycles. The summed E-state index contributed by atoms with van der Waals surface area (Å²) in [5.41, 5.74) is 1.94. The third-order valence-electron chi connectivity index (χ3n) is 3.98. The first kappa shape index (κ1) is 14.9. The number of aryl methyl sites for hydroxylation is 1. The van der Waals surface area contributed by atoms with Gasteiger partial charge in [0.15, 0.2) is 8.32 Å². The summed E-state index contributed by atoms with van der Waals surface area (Å²) in [6.45, 7) is 8.32. The van der Waals surface area contributed by atoms with E-state index in [4.69, 9.17) is 5.26 Å². The van der Waals surface area contributed by atoms with Crippen molar-refractivity contribution in [1.82, 2.24) is 0 Å². The summed E-state index contributed by atoms with van der Waals surface area (Å²) in [6, 6.07) is 9.95. The van der Waals surface area contributed by atoms with Gasteiger partial charge in [-0.15, -0.1) is 0 Å². The van der Waals surface area contributed by atoms with Crippen molar-refractivity contribution in [2.24, 2.45) is 0 Å². The van der Waals surface area contributed by atoms with Crippen LogP contribution < -0.4 is 0 Å². The van der Waals surface area contributed by atoms with Gasteiger partial charge in [-0.2, -0.15) is 5.26 Å². The first-order valence-corrected chi connectivity index (χ1v) is 9.42. The highest BCUT2D eigenvalue weighted by atomic mass is 28.4. The summed E-state index contributed by atoms with van der Waals surface area (Å²) in [5, 5.41) is 8.89. The van der Waals surface area contributed by atoms with Crippen LogP contribution in [0.4, 0.5) is 0 Å². The molecule has 0 aliphatic rings. The summed E-state index contributed by atoms with van der Waals surface area (Å²) in [4.78, 5) is 10.2. The van der Waals surface area contributed by atoms with E-state index in [1.54, 1.807) is 0 Å². The fraction of sp³-hybridized carbons (Fsp3) is 0.533.